The Hall–Kier alpha value is -3.56. The van der Waals surface area contributed by atoms with E-state index in [1.165, 1.54) is 6.42 Å². The van der Waals surface area contributed by atoms with Gasteiger partial charge >= 0.3 is 0 Å². The molecule has 0 radical (unpaired) electrons. The Morgan fingerprint density at radius 1 is 1.00 bits per heavy atom. The second-order valence-electron chi connectivity index (χ2n) is 10.6. The highest BCUT2D eigenvalue weighted by Crippen LogP contribution is 2.29. The van der Waals surface area contributed by atoms with Crippen LogP contribution in [0.4, 0.5) is 0 Å². The molecule has 1 N–H and O–H groups in total. The van der Waals surface area contributed by atoms with Crippen LogP contribution in [-0.2, 0) is 22.6 Å². The van der Waals surface area contributed by atoms with Crippen LogP contribution in [0, 0.1) is 6.92 Å². The third kappa shape index (κ3) is 6.95. The Labute approximate surface area is 235 Å². The number of nitrogens with one attached hydrogen (secondary N) is 1. The van der Waals surface area contributed by atoms with Crippen molar-refractivity contribution in [3.05, 3.63) is 77.1 Å². The van der Waals surface area contributed by atoms with Crippen LogP contribution < -0.4 is 10.1 Å². The van der Waals surface area contributed by atoms with Gasteiger partial charge in [0.15, 0.2) is 11.8 Å². The van der Waals surface area contributed by atoms with Gasteiger partial charge in [-0.15, -0.1) is 0 Å². The lowest BCUT2D eigenvalue weighted by atomic mass is 9.95. The zero-order chi connectivity index (χ0) is 27.9. The molecule has 2 amide bonds. The first-order chi connectivity index (χ1) is 19.5. The molecule has 1 aliphatic heterocycles. The number of nitrogens with zero attached hydrogens (tertiary/aromatic N) is 2. The number of furan rings is 2. The van der Waals surface area contributed by atoms with Crippen LogP contribution in [0.15, 0.2) is 57.4 Å². The highest BCUT2D eigenvalue weighted by molar-refractivity contribution is 5.96. The van der Waals surface area contributed by atoms with Gasteiger partial charge in [-0.25, -0.2) is 0 Å². The number of benzene rings is 1. The van der Waals surface area contributed by atoms with Gasteiger partial charge in [0.05, 0.1) is 26.9 Å². The van der Waals surface area contributed by atoms with Crippen molar-refractivity contribution in [2.45, 2.75) is 64.2 Å². The van der Waals surface area contributed by atoms with E-state index in [1.807, 2.05) is 43.3 Å². The van der Waals surface area contributed by atoms with Crippen LogP contribution in [0.5, 0.6) is 5.75 Å². The van der Waals surface area contributed by atoms with Crippen molar-refractivity contribution < 1.29 is 27.9 Å². The number of rotatable bonds is 10. The molecule has 1 aliphatic carbocycles. The SMILES string of the molecule is COc1ccc(CN(C(=O)c2ccc(CN3CCOCC3)o2)C(C(=O)NC2CCCCC2)c2ccc(C)o2)cc1. The minimum Gasteiger partial charge on any atom is -0.497 e. The number of hydrogen-bond acceptors (Lipinski definition) is 7. The molecular formula is C31H39N3O6. The van der Waals surface area contributed by atoms with Crippen LogP contribution >= 0.6 is 0 Å². The molecule has 0 bridgehead atoms. The number of carbonyl (C=O) groups is 2. The molecule has 9 nitrogen and oxygen atoms in total. The summed E-state index contributed by atoms with van der Waals surface area (Å²) in [6, 6.07) is 13.7. The van der Waals surface area contributed by atoms with E-state index in [-0.39, 0.29) is 30.2 Å². The van der Waals surface area contributed by atoms with Gasteiger partial charge in [0.2, 0.25) is 0 Å². The van der Waals surface area contributed by atoms with Crippen molar-refractivity contribution >= 4 is 11.8 Å². The molecule has 5 rings (SSSR count). The van der Waals surface area contributed by atoms with Gasteiger partial charge in [-0.05, 0) is 61.7 Å². The first-order valence-corrected chi connectivity index (χ1v) is 14.2. The molecule has 2 aliphatic rings. The Bertz CT molecular complexity index is 1250. The highest BCUT2D eigenvalue weighted by Gasteiger charge is 2.37. The minimum absolute atomic E-state index is 0.0847. The predicted octanol–water partition coefficient (Wildman–Crippen LogP) is 4.85. The summed E-state index contributed by atoms with van der Waals surface area (Å²) >= 11 is 0. The van der Waals surface area contributed by atoms with Gasteiger partial charge in [-0.1, -0.05) is 31.4 Å². The predicted molar refractivity (Wildman–Crippen MR) is 149 cm³/mol. The maximum Gasteiger partial charge on any atom is 0.290 e. The molecule has 1 unspecified atom stereocenters. The minimum atomic E-state index is -0.960. The van der Waals surface area contributed by atoms with E-state index in [1.54, 1.807) is 24.1 Å². The first-order valence-electron chi connectivity index (χ1n) is 14.2. The van der Waals surface area contributed by atoms with E-state index in [0.29, 0.717) is 42.8 Å². The van der Waals surface area contributed by atoms with E-state index in [2.05, 4.69) is 10.2 Å². The smallest absolute Gasteiger partial charge is 0.290 e. The van der Waals surface area contributed by atoms with Crippen molar-refractivity contribution in [1.82, 2.24) is 15.1 Å². The number of hydrogen-bond donors (Lipinski definition) is 1. The quantitative estimate of drug-likeness (QED) is 0.386. The Kier molecular flexibility index (Phi) is 9.23. The molecule has 2 fully saturated rings. The molecule has 9 heteroatoms. The van der Waals surface area contributed by atoms with Crippen molar-refractivity contribution in [3.63, 3.8) is 0 Å². The molecule has 1 saturated heterocycles. The number of morpholine rings is 1. The van der Waals surface area contributed by atoms with E-state index in [4.69, 9.17) is 18.3 Å². The molecule has 2 aromatic heterocycles. The molecule has 0 spiro atoms. The molecule has 214 valence electrons. The zero-order valence-corrected chi connectivity index (χ0v) is 23.4. The summed E-state index contributed by atoms with van der Waals surface area (Å²) < 4.78 is 22.8. The van der Waals surface area contributed by atoms with Crippen molar-refractivity contribution in [2.75, 3.05) is 33.4 Å². The van der Waals surface area contributed by atoms with Crippen molar-refractivity contribution in [1.29, 1.82) is 0 Å². The van der Waals surface area contributed by atoms with Gasteiger partial charge in [0, 0.05) is 25.7 Å². The molecule has 1 saturated carbocycles. The summed E-state index contributed by atoms with van der Waals surface area (Å²) in [6.45, 7) is 5.61. The van der Waals surface area contributed by atoms with E-state index in [0.717, 1.165) is 44.3 Å². The lowest BCUT2D eigenvalue weighted by molar-refractivity contribution is -0.127. The van der Waals surface area contributed by atoms with Gasteiger partial charge in [-0.2, -0.15) is 0 Å². The van der Waals surface area contributed by atoms with Crippen LogP contribution in [0.2, 0.25) is 0 Å². The second kappa shape index (κ2) is 13.2. The average molecular weight is 550 g/mol. The summed E-state index contributed by atoms with van der Waals surface area (Å²) in [6.07, 6.45) is 5.22. The topological polar surface area (TPSA) is 97.4 Å². The largest absolute Gasteiger partial charge is 0.497 e. The van der Waals surface area contributed by atoms with Crippen LogP contribution in [-0.4, -0.2) is 61.1 Å². The fourth-order valence-electron chi connectivity index (χ4n) is 5.46. The molecule has 1 aromatic carbocycles. The molecule has 3 heterocycles. The summed E-state index contributed by atoms with van der Waals surface area (Å²) in [5, 5.41) is 3.21. The number of ether oxygens (including phenoxy) is 2. The van der Waals surface area contributed by atoms with Crippen molar-refractivity contribution in [2.24, 2.45) is 0 Å². The van der Waals surface area contributed by atoms with E-state index in [9.17, 15) is 9.59 Å². The fourth-order valence-corrected chi connectivity index (χ4v) is 5.46. The first kappa shape index (κ1) is 28.0. The zero-order valence-electron chi connectivity index (χ0n) is 23.4. The normalized spacial score (nSPS) is 17.4. The van der Waals surface area contributed by atoms with Gasteiger partial charge in [-0.3, -0.25) is 14.5 Å². The summed E-state index contributed by atoms with van der Waals surface area (Å²) in [5.74, 6) is 2.09. The third-order valence-electron chi connectivity index (χ3n) is 7.67. The van der Waals surface area contributed by atoms with Gasteiger partial charge < -0.3 is 28.5 Å². The number of methoxy groups -OCH3 is 1. The lowest BCUT2D eigenvalue weighted by Gasteiger charge is -2.31. The van der Waals surface area contributed by atoms with Crippen LogP contribution in [0.3, 0.4) is 0 Å². The second-order valence-corrected chi connectivity index (χ2v) is 10.6. The standard InChI is InChI=1S/C31H39N3O6/c1-22-8-14-27(39-22)29(30(35)32-24-6-4-3-5-7-24)34(20-23-9-11-25(37-2)12-10-23)31(36)28-15-13-26(40-28)21-33-16-18-38-19-17-33/h8-15,24,29H,3-7,16-21H2,1-2H3,(H,32,35). The molecule has 3 aromatic rings. The fraction of sp³-hybridized carbons (Fsp3) is 0.484. The summed E-state index contributed by atoms with van der Waals surface area (Å²) in [4.78, 5) is 31.9. The molecule has 1 atom stereocenters. The Balaban J connectivity index is 1.45. The third-order valence-corrected chi connectivity index (χ3v) is 7.67. The maximum absolute atomic E-state index is 14.1. The Morgan fingerprint density at radius 3 is 2.42 bits per heavy atom. The number of amides is 2. The average Bonchev–Trinajstić information content (AvgIpc) is 3.63. The summed E-state index contributed by atoms with van der Waals surface area (Å²) in [5.41, 5.74) is 0.855. The van der Waals surface area contributed by atoms with Crippen molar-refractivity contribution in [3.8, 4) is 5.75 Å². The number of carbonyl (C=O) groups excluding carboxylic acids is 2. The molecular weight excluding hydrogens is 510 g/mol. The summed E-state index contributed by atoms with van der Waals surface area (Å²) in [7, 11) is 1.61. The Morgan fingerprint density at radius 2 is 1.75 bits per heavy atom. The lowest BCUT2D eigenvalue weighted by Crippen LogP contribution is -2.46. The van der Waals surface area contributed by atoms with Crippen LogP contribution in [0.1, 0.15) is 71.5 Å². The van der Waals surface area contributed by atoms with Gasteiger partial charge in [0.25, 0.3) is 11.8 Å². The number of aryl methyl sites for hydroxylation is 1. The maximum atomic E-state index is 14.1. The molecule has 40 heavy (non-hydrogen) atoms. The monoisotopic (exact) mass is 549 g/mol. The van der Waals surface area contributed by atoms with E-state index >= 15 is 0 Å². The van der Waals surface area contributed by atoms with Crippen LogP contribution in [0.25, 0.3) is 0 Å². The highest BCUT2D eigenvalue weighted by atomic mass is 16.5. The van der Waals surface area contributed by atoms with E-state index < -0.39 is 6.04 Å². The van der Waals surface area contributed by atoms with Gasteiger partial charge in [0.1, 0.15) is 23.0 Å².